The summed E-state index contributed by atoms with van der Waals surface area (Å²) in [5.41, 5.74) is 5.33. The Morgan fingerprint density at radius 3 is 2.44 bits per heavy atom. The second kappa shape index (κ2) is 6.36. The molecule has 18 heavy (non-hydrogen) atoms. The highest BCUT2D eigenvalue weighted by Gasteiger charge is 2.02. The summed E-state index contributed by atoms with van der Waals surface area (Å²) in [6.07, 6.45) is 1.18. The lowest BCUT2D eigenvalue weighted by Gasteiger charge is -2.09. The van der Waals surface area contributed by atoms with Crippen molar-refractivity contribution in [2.24, 2.45) is 0 Å². The standard InChI is InChI=1S/C17H21N/c1-3-11-18-13-15-9-10-17(14(2)12-15)16-7-5-4-6-8-16/h4-10,12,18H,3,11,13H2,1-2H3. The molecule has 0 spiro atoms. The molecule has 1 nitrogen and oxygen atoms in total. The maximum atomic E-state index is 3.44. The zero-order valence-corrected chi connectivity index (χ0v) is 11.2. The highest BCUT2D eigenvalue weighted by Crippen LogP contribution is 2.23. The Balaban J connectivity index is 2.15. The molecule has 2 aromatic rings. The number of rotatable bonds is 5. The molecular weight excluding hydrogens is 218 g/mol. The molecule has 0 fully saturated rings. The van der Waals surface area contributed by atoms with E-state index in [1.54, 1.807) is 0 Å². The van der Waals surface area contributed by atoms with Gasteiger partial charge in [0, 0.05) is 6.54 Å². The van der Waals surface area contributed by atoms with Crippen molar-refractivity contribution in [1.82, 2.24) is 5.32 Å². The minimum atomic E-state index is 0.962. The van der Waals surface area contributed by atoms with Crippen LogP contribution in [0.2, 0.25) is 0 Å². The second-order valence-corrected chi connectivity index (χ2v) is 4.69. The average molecular weight is 239 g/mol. The van der Waals surface area contributed by atoms with Gasteiger partial charge in [-0.15, -0.1) is 0 Å². The van der Waals surface area contributed by atoms with Crippen LogP contribution >= 0.6 is 0 Å². The number of nitrogens with one attached hydrogen (secondary N) is 1. The molecule has 1 heteroatoms. The van der Waals surface area contributed by atoms with Crippen LogP contribution in [0.3, 0.4) is 0 Å². The summed E-state index contributed by atoms with van der Waals surface area (Å²) >= 11 is 0. The van der Waals surface area contributed by atoms with Crippen molar-refractivity contribution in [3.05, 3.63) is 59.7 Å². The van der Waals surface area contributed by atoms with Crippen molar-refractivity contribution >= 4 is 0 Å². The van der Waals surface area contributed by atoms with Crippen LogP contribution in [0.4, 0.5) is 0 Å². The second-order valence-electron chi connectivity index (χ2n) is 4.69. The molecule has 0 saturated heterocycles. The third kappa shape index (κ3) is 3.21. The molecule has 0 aliphatic rings. The van der Waals surface area contributed by atoms with Gasteiger partial charge in [0.05, 0.1) is 0 Å². The van der Waals surface area contributed by atoms with Gasteiger partial charge < -0.3 is 5.32 Å². The van der Waals surface area contributed by atoms with Crippen LogP contribution in [-0.4, -0.2) is 6.54 Å². The molecule has 0 radical (unpaired) electrons. The quantitative estimate of drug-likeness (QED) is 0.772. The molecule has 0 heterocycles. The fraction of sp³-hybridized carbons (Fsp3) is 0.294. The van der Waals surface area contributed by atoms with Gasteiger partial charge >= 0.3 is 0 Å². The lowest BCUT2D eigenvalue weighted by atomic mass is 9.98. The Bertz CT molecular complexity index is 488. The van der Waals surface area contributed by atoms with Crippen molar-refractivity contribution < 1.29 is 0 Å². The van der Waals surface area contributed by atoms with Gasteiger partial charge in [-0.2, -0.15) is 0 Å². The monoisotopic (exact) mass is 239 g/mol. The summed E-state index contributed by atoms with van der Waals surface area (Å²) in [6.45, 7) is 6.42. The Kier molecular flexibility index (Phi) is 4.54. The lowest BCUT2D eigenvalue weighted by Crippen LogP contribution is -2.13. The molecule has 0 atom stereocenters. The molecule has 0 unspecified atom stereocenters. The minimum absolute atomic E-state index is 0.962. The van der Waals surface area contributed by atoms with Crippen LogP contribution in [0.15, 0.2) is 48.5 Å². The molecule has 2 aromatic carbocycles. The highest BCUT2D eigenvalue weighted by molar-refractivity contribution is 5.67. The molecular formula is C17H21N. The van der Waals surface area contributed by atoms with E-state index in [0.29, 0.717) is 0 Å². The van der Waals surface area contributed by atoms with Crippen LogP contribution < -0.4 is 5.32 Å². The third-order valence-electron chi connectivity index (χ3n) is 3.13. The molecule has 0 bridgehead atoms. The summed E-state index contributed by atoms with van der Waals surface area (Å²) in [6, 6.07) is 17.3. The van der Waals surface area contributed by atoms with Gasteiger partial charge in [-0.25, -0.2) is 0 Å². The Morgan fingerprint density at radius 2 is 1.78 bits per heavy atom. The van der Waals surface area contributed by atoms with Crippen LogP contribution in [0, 0.1) is 6.92 Å². The first kappa shape index (κ1) is 12.8. The van der Waals surface area contributed by atoms with E-state index >= 15 is 0 Å². The predicted molar refractivity (Wildman–Crippen MR) is 78.6 cm³/mol. The first-order valence-corrected chi connectivity index (χ1v) is 6.67. The molecule has 94 valence electrons. The zero-order chi connectivity index (χ0) is 12.8. The summed E-state index contributed by atoms with van der Waals surface area (Å²) in [7, 11) is 0. The molecule has 0 aromatic heterocycles. The maximum absolute atomic E-state index is 3.44. The highest BCUT2D eigenvalue weighted by atomic mass is 14.8. The van der Waals surface area contributed by atoms with E-state index in [1.165, 1.54) is 28.7 Å². The largest absolute Gasteiger partial charge is 0.313 e. The average Bonchev–Trinajstić information content (AvgIpc) is 2.40. The normalized spacial score (nSPS) is 10.6. The van der Waals surface area contributed by atoms with E-state index in [4.69, 9.17) is 0 Å². The van der Waals surface area contributed by atoms with Gasteiger partial charge in [0.1, 0.15) is 0 Å². The van der Waals surface area contributed by atoms with Crippen LogP contribution in [0.5, 0.6) is 0 Å². The van der Waals surface area contributed by atoms with E-state index < -0.39 is 0 Å². The van der Waals surface area contributed by atoms with Gasteiger partial charge in [-0.1, -0.05) is 55.5 Å². The van der Waals surface area contributed by atoms with Crippen molar-refractivity contribution in [3.8, 4) is 11.1 Å². The van der Waals surface area contributed by atoms with E-state index in [1.807, 2.05) is 0 Å². The van der Waals surface area contributed by atoms with E-state index in [-0.39, 0.29) is 0 Å². The first-order valence-electron chi connectivity index (χ1n) is 6.67. The SMILES string of the molecule is CCCNCc1ccc(-c2ccccc2)c(C)c1. The van der Waals surface area contributed by atoms with Crippen molar-refractivity contribution in [2.45, 2.75) is 26.8 Å². The Labute approximate surface area is 110 Å². The number of hydrogen-bond acceptors (Lipinski definition) is 1. The van der Waals surface area contributed by atoms with Gasteiger partial charge in [0.25, 0.3) is 0 Å². The van der Waals surface area contributed by atoms with Crippen molar-refractivity contribution in [2.75, 3.05) is 6.54 Å². The smallest absolute Gasteiger partial charge is 0.0205 e. The number of hydrogen-bond donors (Lipinski definition) is 1. The van der Waals surface area contributed by atoms with E-state index in [0.717, 1.165) is 13.1 Å². The predicted octanol–water partition coefficient (Wildman–Crippen LogP) is 4.16. The van der Waals surface area contributed by atoms with Crippen LogP contribution in [-0.2, 0) is 6.54 Å². The number of aryl methyl sites for hydroxylation is 1. The molecule has 1 N–H and O–H groups in total. The van der Waals surface area contributed by atoms with Crippen molar-refractivity contribution in [3.63, 3.8) is 0 Å². The van der Waals surface area contributed by atoms with E-state index in [9.17, 15) is 0 Å². The Morgan fingerprint density at radius 1 is 1.00 bits per heavy atom. The van der Waals surface area contributed by atoms with Crippen LogP contribution in [0.25, 0.3) is 11.1 Å². The summed E-state index contributed by atoms with van der Waals surface area (Å²) in [5, 5.41) is 3.44. The molecule has 0 aliphatic heterocycles. The summed E-state index contributed by atoms with van der Waals surface area (Å²) < 4.78 is 0. The summed E-state index contributed by atoms with van der Waals surface area (Å²) in [4.78, 5) is 0. The molecule has 0 saturated carbocycles. The van der Waals surface area contributed by atoms with E-state index in [2.05, 4.69) is 67.7 Å². The maximum Gasteiger partial charge on any atom is 0.0205 e. The molecule has 2 rings (SSSR count). The van der Waals surface area contributed by atoms with Gasteiger partial charge in [0.15, 0.2) is 0 Å². The third-order valence-corrected chi connectivity index (χ3v) is 3.13. The molecule has 0 aliphatic carbocycles. The summed E-state index contributed by atoms with van der Waals surface area (Å²) in [5.74, 6) is 0. The Hall–Kier alpha value is -1.60. The first-order chi connectivity index (χ1) is 8.81. The van der Waals surface area contributed by atoms with Crippen molar-refractivity contribution in [1.29, 1.82) is 0 Å². The topological polar surface area (TPSA) is 12.0 Å². The fourth-order valence-electron chi connectivity index (χ4n) is 2.19. The molecule has 0 amide bonds. The van der Waals surface area contributed by atoms with Gasteiger partial charge in [-0.3, -0.25) is 0 Å². The van der Waals surface area contributed by atoms with Crippen LogP contribution in [0.1, 0.15) is 24.5 Å². The van der Waals surface area contributed by atoms with Gasteiger partial charge in [0.2, 0.25) is 0 Å². The fourth-order valence-corrected chi connectivity index (χ4v) is 2.19. The zero-order valence-electron chi connectivity index (χ0n) is 11.2. The lowest BCUT2D eigenvalue weighted by molar-refractivity contribution is 0.675. The number of benzene rings is 2. The van der Waals surface area contributed by atoms with Gasteiger partial charge in [-0.05, 0) is 42.1 Å². The minimum Gasteiger partial charge on any atom is -0.313 e.